The van der Waals surface area contributed by atoms with E-state index >= 15 is 0 Å². The molecule has 0 saturated heterocycles. The Balaban J connectivity index is 0.00000312. The molecule has 25 heavy (non-hydrogen) atoms. The SMILES string of the molecule is CCCCNC(=NCc1ccc(C)cc1)NCCn1cc(C)cn1.I. The minimum Gasteiger partial charge on any atom is -0.356 e. The fraction of sp³-hybridized carbons (Fsp3) is 0.474. The maximum absolute atomic E-state index is 4.70. The van der Waals surface area contributed by atoms with E-state index in [2.05, 4.69) is 67.0 Å². The normalized spacial score (nSPS) is 11.1. The summed E-state index contributed by atoms with van der Waals surface area (Å²) in [4.78, 5) is 4.70. The largest absolute Gasteiger partial charge is 0.356 e. The smallest absolute Gasteiger partial charge is 0.191 e. The number of guanidine groups is 1. The minimum absolute atomic E-state index is 0. The highest BCUT2D eigenvalue weighted by Crippen LogP contribution is 2.04. The topological polar surface area (TPSA) is 54.2 Å². The van der Waals surface area contributed by atoms with Crippen LogP contribution >= 0.6 is 24.0 Å². The summed E-state index contributed by atoms with van der Waals surface area (Å²) in [5.74, 6) is 0.868. The van der Waals surface area contributed by atoms with E-state index in [0.717, 1.165) is 32.0 Å². The van der Waals surface area contributed by atoms with Crippen LogP contribution in [0, 0.1) is 13.8 Å². The summed E-state index contributed by atoms with van der Waals surface area (Å²) in [7, 11) is 0. The zero-order valence-corrected chi connectivity index (χ0v) is 17.8. The van der Waals surface area contributed by atoms with Crippen LogP contribution in [-0.4, -0.2) is 28.8 Å². The Morgan fingerprint density at radius 1 is 1.08 bits per heavy atom. The van der Waals surface area contributed by atoms with Crippen LogP contribution in [-0.2, 0) is 13.1 Å². The van der Waals surface area contributed by atoms with E-state index < -0.39 is 0 Å². The van der Waals surface area contributed by atoms with Gasteiger partial charge in [-0.25, -0.2) is 4.99 Å². The average Bonchev–Trinajstić information content (AvgIpc) is 2.99. The number of hydrogen-bond donors (Lipinski definition) is 2. The minimum atomic E-state index is 0. The van der Waals surface area contributed by atoms with Gasteiger partial charge >= 0.3 is 0 Å². The number of benzene rings is 1. The third kappa shape index (κ3) is 8.38. The molecule has 0 bridgehead atoms. The summed E-state index contributed by atoms with van der Waals surface area (Å²) >= 11 is 0. The lowest BCUT2D eigenvalue weighted by Gasteiger charge is -2.12. The van der Waals surface area contributed by atoms with Gasteiger partial charge in [0, 0.05) is 19.3 Å². The lowest BCUT2D eigenvalue weighted by molar-refractivity contribution is 0.595. The highest BCUT2D eigenvalue weighted by molar-refractivity contribution is 14.0. The van der Waals surface area contributed by atoms with E-state index in [1.165, 1.54) is 23.1 Å². The zero-order valence-electron chi connectivity index (χ0n) is 15.5. The van der Waals surface area contributed by atoms with Gasteiger partial charge in [-0.05, 0) is 31.4 Å². The molecule has 1 aromatic heterocycles. The van der Waals surface area contributed by atoms with Crippen molar-refractivity contribution in [3.8, 4) is 0 Å². The molecule has 1 aromatic carbocycles. The Kier molecular flexibility index (Phi) is 10.2. The summed E-state index contributed by atoms with van der Waals surface area (Å²) < 4.78 is 1.95. The van der Waals surface area contributed by atoms with Crippen LogP contribution in [0.3, 0.4) is 0 Å². The van der Waals surface area contributed by atoms with E-state index in [4.69, 9.17) is 4.99 Å². The Labute approximate surface area is 168 Å². The molecule has 0 aliphatic carbocycles. The second-order valence-corrected chi connectivity index (χ2v) is 6.14. The number of nitrogens with zero attached hydrogens (tertiary/aromatic N) is 3. The van der Waals surface area contributed by atoms with Crippen molar-refractivity contribution in [2.45, 2.75) is 46.7 Å². The first kappa shape index (κ1) is 21.5. The van der Waals surface area contributed by atoms with Crippen molar-refractivity contribution in [2.75, 3.05) is 13.1 Å². The molecule has 0 amide bonds. The van der Waals surface area contributed by atoms with E-state index in [1.807, 2.05) is 10.9 Å². The van der Waals surface area contributed by atoms with Crippen molar-refractivity contribution in [1.82, 2.24) is 20.4 Å². The first-order valence-corrected chi connectivity index (χ1v) is 8.74. The molecule has 0 unspecified atom stereocenters. The Bertz CT molecular complexity index is 634. The predicted molar refractivity (Wildman–Crippen MR) is 116 cm³/mol. The van der Waals surface area contributed by atoms with Crippen LogP contribution in [0.25, 0.3) is 0 Å². The van der Waals surface area contributed by atoms with Crippen molar-refractivity contribution in [1.29, 1.82) is 0 Å². The molecule has 2 N–H and O–H groups in total. The van der Waals surface area contributed by atoms with Crippen molar-refractivity contribution >= 4 is 29.9 Å². The van der Waals surface area contributed by atoms with Crippen molar-refractivity contribution in [3.63, 3.8) is 0 Å². The van der Waals surface area contributed by atoms with Crippen LogP contribution in [0.5, 0.6) is 0 Å². The third-order valence-electron chi connectivity index (χ3n) is 3.76. The van der Waals surface area contributed by atoms with Gasteiger partial charge in [-0.2, -0.15) is 5.10 Å². The predicted octanol–water partition coefficient (Wildman–Crippen LogP) is 3.65. The number of rotatable bonds is 8. The fourth-order valence-corrected chi connectivity index (χ4v) is 2.30. The number of nitrogens with one attached hydrogen (secondary N) is 2. The summed E-state index contributed by atoms with van der Waals surface area (Å²) in [6, 6.07) is 8.52. The third-order valence-corrected chi connectivity index (χ3v) is 3.76. The molecule has 1 heterocycles. The van der Waals surface area contributed by atoms with E-state index in [0.29, 0.717) is 6.54 Å². The van der Waals surface area contributed by atoms with E-state index in [9.17, 15) is 0 Å². The molecule has 0 radical (unpaired) electrons. The second-order valence-electron chi connectivity index (χ2n) is 6.14. The molecule has 2 aromatic rings. The van der Waals surface area contributed by atoms with E-state index in [1.54, 1.807) is 0 Å². The van der Waals surface area contributed by atoms with Gasteiger partial charge in [0.2, 0.25) is 0 Å². The van der Waals surface area contributed by atoms with Gasteiger partial charge in [-0.3, -0.25) is 4.68 Å². The summed E-state index contributed by atoms with van der Waals surface area (Å²) in [6.07, 6.45) is 6.25. The van der Waals surface area contributed by atoms with Crippen molar-refractivity contribution in [3.05, 3.63) is 53.3 Å². The number of unbranched alkanes of at least 4 members (excludes halogenated alkanes) is 1. The fourth-order valence-electron chi connectivity index (χ4n) is 2.30. The molecular formula is C19H30IN5. The molecule has 6 heteroatoms. The maximum Gasteiger partial charge on any atom is 0.191 e. The Morgan fingerprint density at radius 2 is 1.80 bits per heavy atom. The van der Waals surface area contributed by atoms with Crippen LogP contribution in [0.1, 0.15) is 36.5 Å². The number of aromatic nitrogens is 2. The second kappa shape index (κ2) is 11.9. The zero-order chi connectivity index (χ0) is 17.2. The molecule has 138 valence electrons. The molecule has 0 spiro atoms. The average molecular weight is 455 g/mol. The highest BCUT2D eigenvalue weighted by atomic mass is 127. The first-order valence-electron chi connectivity index (χ1n) is 8.74. The van der Waals surface area contributed by atoms with Gasteiger partial charge in [0.25, 0.3) is 0 Å². The number of hydrogen-bond acceptors (Lipinski definition) is 2. The number of aliphatic imine (C=N–C) groups is 1. The van der Waals surface area contributed by atoms with Gasteiger partial charge in [0.05, 0.1) is 19.3 Å². The Hall–Kier alpha value is -1.57. The molecule has 2 rings (SSSR count). The number of halogens is 1. The highest BCUT2D eigenvalue weighted by Gasteiger charge is 2.00. The van der Waals surface area contributed by atoms with Gasteiger partial charge in [0.1, 0.15) is 0 Å². The standard InChI is InChI=1S/C19H29N5.HI/c1-4-5-10-20-19(21-11-12-24-15-17(3)13-23-24)22-14-18-8-6-16(2)7-9-18;/h6-9,13,15H,4-5,10-12,14H2,1-3H3,(H2,20,21,22);1H. The van der Waals surface area contributed by atoms with Gasteiger partial charge in [-0.1, -0.05) is 43.2 Å². The molecule has 0 saturated carbocycles. The lowest BCUT2D eigenvalue weighted by Crippen LogP contribution is -2.39. The van der Waals surface area contributed by atoms with Crippen LogP contribution in [0.15, 0.2) is 41.7 Å². The van der Waals surface area contributed by atoms with Gasteiger partial charge in [0.15, 0.2) is 5.96 Å². The van der Waals surface area contributed by atoms with Gasteiger partial charge < -0.3 is 10.6 Å². The number of aryl methyl sites for hydroxylation is 2. The van der Waals surface area contributed by atoms with E-state index in [-0.39, 0.29) is 24.0 Å². The van der Waals surface area contributed by atoms with Crippen molar-refractivity contribution in [2.24, 2.45) is 4.99 Å². The monoisotopic (exact) mass is 455 g/mol. The van der Waals surface area contributed by atoms with Crippen LogP contribution in [0.4, 0.5) is 0 Å². The molecule has 0 aliphatic heterocycles. The molecular weight excluding hydrogens is 425 g/mol. The Morgan fingerprint density at radius 3 is 2.44 bits per heavy atom. The van der Waals surface area contributed by atoms with Gasteiger partial charge in [-0.15, -0.1) is 24.0 Å². The lowest BCUT2D eigenvalue weighted by atomic mass is 10.1. The first-order chi connectivity index (χ1) is 11.7. The maximum atomic E-state index is 4.70. The summed E-state index contributed by atoms with van der Waals surface area (Å²) in [5, 5.41) is 11.1. The molecule has 0 fully saturated rings. The summed E-state index contributed by atoms with van der Waals surface area (Å²) in [5.41, 5.74) is 3.68. The van der Waals surface area contributed by atoms with Crippen LogP contribution in [0.2, 0.25) is 0 Å². The molecule has 5 nitrogen and oxygen atoms in total. The van der Waals surface area contributed by atoms with Crippen LogP contribution < -0.4 is 10.6 Å². The quantitative estimate of drug-likeness (QED) is 0.277. The molecule has 0 atom stereocenters. The molecule has 0 aliphatic rings. The summed E-state index contributed by atoms with van der Waals surface area (Å²) in [6.45, 7) is 9.60. The van der Waals surface area contributed by atoms with Crippen molar-refractivity contribution < 1.29 is 0 Å².